The van der Waals surface area contributed by atoms with E-state index >= 15 is 0 Å². The maximum absolute atomic E-state index is 11.7. The summed E-state index contributed by atoms with van der Waals surface area (Å²) in [4.78, 5) is 18.9. The fourth-order valence-corrected chi connectivity index (χ4v) is 4.06. The van der Waals surface area contributed by atoms with Gasteiger partial charge in [-0.2, -0.15) is 0 Å². The molecular formula is C19H14NO2S-. The molecule has 2 heterocycles. The summed E-state index contributed by atoms with van der Waals surface area (Å²) in [6, 6.07) is 11.6. The van der Waals surface area contributed by atoms with Crippen molar-refractivity contribution >= 4 is 39.9 Å². The number of thiophene rings is 1. The molecule has 0 fully saturated rings. The SMILES string of the molecule is Cc1ccc(/C=C2\CCc3c2nc2ccccc2c3C(=O)[O-])s1. The lowest BCUT2D eigenvalue weighted by Gasteiger charge is -2.13. The lowest BCUT2D eigenvalue weighted by atomic mass is 10.0. The zero-order chi connectivity index (χ0) is 16.0. The van der Waals surface area contributed by atoms with Crippen LogP contribution in [0, 0.1) is 6.92 Å². The summed E-state index contributed by atoms with van der Waals surface area (Å²) in [5.41, 5.74) is 3.74. The molecule has 114 valence electrons. The summed E-state index contributed by atoms with van der Waals surface area (Å²) < 4.78 is 0. The van der Waals surface area contributed by atoms with Crippen LogP contribution in [0.3, 0.4) is 0 Å². The molecule has 1 aliphatic rings. The van der Waals surface area contributed by atoms with E-state index in [1.807, 2.05) is 18.2 Å². The highest BCUT2D eigenvalue weighted by Crippen LogP contribution is 2.37. The van der Waals surface area contributed by atoms with Crippen LogP contribution in [0.5, 0.6) is 0 Å². The predicted octanol–water partition coefficient (Wildman–Crippen LogP) is 3.46. The van der Waals surface area contributed by atoms with Crippen LogP contribution in [0.1, 0.15) is 37.8 Å². The average Bonchev–Trinajstić information content (AvgIpc) is 3.11. The van der Waals surface area contributed by atoms with Gasteiger partial charge < -0.3 is 9.90 Å². The van der Waals surface area contributed by atoms with Crippen molar-refractivity contribution in [2.75, 3.05) is 0 Å². The number of nitrogens with zero attached hydrogens (tertiary/aromatic N) is 1. The van der Waals surface area contributed by atoms with Crippen molar-refractivity contribution in [3.05, 3.63) is 63.0 Å². The smallest absolute Gasteiger partial charge is 0.0725 e. The van der Waals surface area contributed by atoms with E-state index in [0.29, 0.717) is 22.9 Å². The normalized spacial score (nSPS) is 15.3. The van der Waals surface area contributed by atoms with Crippen molar-refractivity contribution in [1.29, 1.82) is 0 Å². The molecule has 1 aromatic carbocycles. The quantitative estimate of drug-likeness (QED) is 0.726. The number of fused-ring (bicyclic) bond motifs is 2. The number of allylic oxidation sites excluding steroid dienone is 1. The van der Waals surface area contributed by atoms with Crippen LogP contribution in [0.4, 0.5) is 0 Å². The fraction of sp³-hybridized carbons (Fsp3) is 0.158. The Hall–Kier alpha value is -2.46. The Balaban J connectivity index is 1.95. The Morgan fingerprint density at radius 2 is 2.04 bits per heavy atom. The summed E-state index contributed by atoms with van der Waals surface area (Å²) in [6.07, 6.45) is 3.65. The highest BCUT2D eigenvalue weighted by Gasteiger charge is 2.23. The standard InChI is InChI=1S/C19H15NO2S/c1-11-6-8-13(23-11)10-12-7-9-15-17(19(21)22)14-4-2-3-5-16(14)20-18(12)15/h2-6,8,10H,7,9H2,1H3,(H,21,22)/p-1/b12-10+. The van der Waals surface area contributed by atoms with Gasteiger partial charge in [0.1, 0.15) is 0 Å². The molecule has 1 aliphatic carbocycles. The van der Waals surface area contributed by atoms with Crippen molar-refractivity contribution in [3.63, 3.8) is 0 Å². The summed E-state index contributed by atoms with van der Waals surface area (Å²) >= 11 is 1.73. The molecule has 0 N–H and O–H groups in total. The fourth-order valence-electron chi connectivity index (χ4n) is 3.21. The summed E-state index contributed by atoms with van der Waals surface area (Å²) in [7, 11) is 0. The van der Waals surface area contributed by atoms with E-state index in [1.165, 1.54) is 9.75 Å². The van der Waals surface area contributed by atoms with E-state index in [0.717, 1.165) is 23.3 Å². The third kappa shape index (κ3) is 2.35. The van der Waals surface area contributed by atoms with E-state index in [1.54, 1.807) is 17.4 Å². The Labute approximate surface area is 137 Å². The molecule has 0 bridgehead atoms. The van der Waals surface area contributed by atoms with Gasteiger partial charge in [-0.3, -0.25) is 0 Å². The molecule has 0 amide bonds. The van der Waals surface area contributed by atoms with Crippen molar-refractivity contribution in [2.45, 2.75) is 19.8 Å². The maximum atomic E-state index is 11.7. The average molecular weight is 320 g/mol. The molecule has 23 heavy (non-hydrogen) atoms. The van der Waals surface area contributed by atoms with E-state index in [9.17, 15) is 9.90 Å². The van der Waals surface area contributed by atoms with Gasteiger partial charge in [-0.1, -0.05) is 18.2 Å². The van der Waals surface area contributed by atoms with Gasteiger partial charge in [-0.15, -0.1) is 11.3 Å². The summed E-state index contributed by atoms with van der Waals surface area (Å²) in [5, 5.41) is 12.4. The Kier molecular flexibility index (Phi) is 3.27. The third-order valence-corrected chi connectivity index (χ3v) is 5.17. The largest absolute Gasteiger partial charge is 0.545 e. The van der Waals surface area contributed by atoms with Gasteiger partial charge in [0.2, 0.25) is 0 Å². The van der Waals surface area contributed by atoms with E-state index < -0.39 is 5.97 Å². The second-order valence-electron chi connectivity index (χ2n) is 5.74. The van der Waals surface area contributed by atoms with Crippen LogP contribution in [-0.4, -0.2) is 11.0 Å². The molecule has 0 aliphatic heterocycles. The number of aromatic carboxylic acids is 1. The monoisotopic (exact) mass is 320 g/mol. The first kappa shape index (κ1) is 14.2. The van der Waals surface area contributed by atoms with Gasteiger partial charge >= 0.3 is 0 Å². The zero-order valence-electron chi connectivity index (χ0n) is 12.6. The first-order chi connectivity index (χ1) is 11.1. The molecule has 3 nitrogen and oxygen atoms in total. The Morgan fingerprint density at radius 1 is 1.22 bits per heavy atom. The van der Waals surface area contributed by atoms with Crippen molar-refractivity contribution in [2.24, 2.45) is 0 Å². The van der Waals surface area contributed by atoms with Crippen LogP contribution in [0.25, 0.3) is 22.6 Å². The lowest BCUT2D eigenvalue weighted by molar-refractivity contribution is -0.254. The van der Waals surface area contributed by atoms with E-state index in [2.05, 4.69) is 25.1 Å². The number of carboxylic acid groups (broad SMARTS) is 1. The number of pyridine rings is 1. The molecule has 0 atom stereocenters. The van der Waals surface area contributed by atoms with E-state index in [4.69, 9.17) is 4.98 Å². The van der Waals surface area contributed by atoms with Gasteiger partial charge in [0.15, 0.2) is 0 Å². The zero-order valence-corrected chi connectivity index (χ0v) is 13.4. The Morgan fingerprint density at radius 3 is 2.78 bits per heavy atom. The minimum Gasteiger partial charge on any atom is -0.545 e. The van der Waals surface area contributed by atoms with Crippen LogP contribution < -0.4 is 5.11 Å². The minimum atomic E-state index is -1.12. The predicted molar refractivity (Wildman–Crippen MR) is 91.3 cm³/mol. The van der Waals surface area contributed by atoms with Gasteiger partial charge in [-0.25, -0.2) is 4.98 Å². The molecule has 0 saturated heterocycles. The molecule has 0 unspecified atom stereocenters. The van der Waals surface area contributed by atoms with Gasteiger partial charge in [0.25, 0.3) is 0 Å². The number of carboxylic acids is 1. The van der Waals surface area contributed by atoms with Crippen LogP contribution in [-0.2, 0) is 6.42 Å². The van der Waals surface area contributed by atoms with Crippen molar-refractivity contribution in [3.8, 4) is 0 Å². The molecular weight excluding hydrogens is 306 g/mol. The topological polar surface area (TPSA) is 53.0 Å². The number of carbonyl (C=O) groups is 1. The van der Waals surface area contributed by atoms with Gasteiger partial charge in [0.05, 0.1) is 17.2 Å². The number of benzene rings is 1. The highest BCUT2D eigenvalue weighted by molar-refractivity contribution is 7.12. The van der Waals surface area contributed by atoms with Crippen LogP contribution in [0.2, 0.25) is 0 Å². The highest BCUT2D eigenvalue weighted by atomic mass is 32.1. The van der Waals surface area contributed by atoms with Gasteiger partial charge in [0, 0.05) is 20.7 Å². The molecule has 0 saturated carbocycles. The number of para-hydroxylation sites is 1. The molecule has 0 radical (unpaired) electrons. The number of carbonyl (C=O) groups excluding carboxylic acids is 1. The van der Waals surface area contributed by atoms with Crippen molar-refractivity contribution in [1.82, 2.24) is 4.98 Å². The van der Waals surface area contributed by atoms with Crippen LogP contribution >= 0.6 is 11.3 Å². The molecule has 3 aromatic rings. The summed E-state index contributed by atoms with van der Waals surface area (Å²) in [6.45, 7) is 2.08. The third-order valence-electron chi connectivity index (χ3n) is 4.22. The molecule has 4 heteroatoms. The first-order valence-electron chi connectivity index (χ1n) is 7.54. The lowest BCUT2D eigenvalue weighted by Crippen LogP contribution is -2.24. The van der Waals surface area contributed by atoms with Crippen molar-refractivity contribution < 1.29 is 9.90 Å². The number of aromatic nitrogens is 1. The number of hydrogen-bond donors (Lipinski definition) is 0. The Bertz CT molecular complexity index is 969. The molecule has 0 spiro atoms. The number of aryl methyl sites for hydroxylation is 1. The minimum absolute atomic E-state index is 0.302. The van der Waals surface area contributed by atoms with Gasteiger partial charge in [-0.05, 0) is 55.2 Å². The second-order valence-corrected chi connectivity index (χ2v) is 7.06. The second kappa shape index (κ2) is 5.32. The van der Waals surface area contributed by atoms with E-state index in [-0.39, 0.29) is 0 Å². The first-order valence-corrected chi connectivity index (χ1v) is 8.35. The number of hydrogen-bond acceptors (Lipinski definition) is 4. The number of rotatable bonds is 2. The summed E-state index contributed by atoms with van der Waals surface area (Å²) in [5.74, 6) is -1.12. The van der Waals surface area contributed by atoms with Crippen LogP contribution in [0.15, 0.2) is 36.4 Å². The molecule has 4 rings (SSSR count). The molecule has 2 aromatic heterocycles. The maximum Gasteiger partial charge on any atom is 0.0725 e.